The standard InChI is InChI=1S/C35H42N2O6S/c1-5-29(38)23-42-31-16-12-25(13-17-31)35(2,3)26-14-18-32(19-15-26)43-24-30(39)22-37(4)28-9-7-11-34(21-28)44(40,41)33-10-6-8-27(36)20-33/h6-21,29-30,38-39H,5,22-24,36H2,1-4H3. The maximum Gasteiger partial charge on any atom is 0.206 e. The Morgan fingerprint density at radius 1 is 0.773 bits per heavy atom. The number of rotatable bonds is 14. The number of nitrogen functional groups attached to an aromatic ring is 1. The second-order valence-electron chi connectivity index (χ2n) is 11.5. The third kappa shape index (κ3) is 8.11. The van der Waals surface area contributed by atoms with Crippen LogP contribution in [-0.2, 0) is 15.3 Å². The molecule has 44 heavy (non-hydrogen) atoms. The number of ether oxygens (including phenoxy) is 2. The average molecular weight is 619 g/mol. The summed E-state index contributed by atoms with van der Waals surface area (Å²) in [6.45, 7) is 6.80. The third-order valence-electron chi connectivity index (χ3n) is 7.73. The van der Waals surface area contributed by atoms with E-state index >= 15 is 0 Å². The van der Waals surface area contributed by atoms with Crippen LogP contribution in [0, 0.1) is 0 Å². The molecule has 2 atom stereocenters. The number of anilines is 2. The van der Waals surface area contributed by atoms with Gasteiger partial charge < -0.3 is 30.3 Å². The van der Waals surface area contributed by atoms with Gasteiger partial charge in [0.05, 0.1) is 15.9 Å². The number of hydrogen-bond donors (Lipinski definition) is 3. The summed E-state index contributed by atoms with van der Waals surface area (Å²) >= 11 is 0. The van der Waals surface area contributed by atoms with Crippen molar-refractivity contribution in [2.24, 2.45) is 0 Å². The third-order valence-corrected chi connectivity index (χ3v) is 9.48. The molecule has 0 radical (unpaired) electrons. The molecular weight excluding hydrogens is 576 g/mol. The predicted octanol–water partition coefficient (Wildman–Crippen LogP) is 5.45. The summed E-state index contributed by atoms with van der Waals surface area (Å²) in [7, 11) is -1.95. The zero-order valence-electron chi connectivity index (χ0n) is 25.7. The monoisotopic (exact) mass is 618 g/mol. The molecule has 0 saturated heterocycles. The lowest BCUT2D eigenvalue weighted by Gasteiger charge is -2.27. The minimum absolute atomic E-state index is 0.0720. The molecule has 0 amide bonds. The second kappa shape index (κ2) is 14.2. The van der Waals surface area contributed by atoms with Gasteiger partial charge in [-0.3, -0.25) is 0 Å². The van der Waals surface area contributed by atoms with Crippen molar-refractivity contribution in [3.63, 3.8) is 0 Å². The highest BCUT2D eigenvalue weighted by atomic mass is 32.2. The van der Waals surface area contributed by atoms with Gasteiger partial charge in [-0.25, -0.2) is 8.42 Å². The molecule has 4 aromatic rings. The summed E-state index contributed by atoms with van der Waals surface area (Å²) in [5, 5.41) is 20.4. The van der Waals surface area contributed by atoms with E-state index in [-0.39, 0.29) is 35.0 Å². The Morgan fingerprint density at radius 3 is 1.80 bits per heavy atom. The minimum Gasteiger partial charge on any atom is -0.491 e. The summed E-state index contributed by atoms with van der Waals surface area (Å²) in [4.78, 5) is 2.07. The van der Waals surface area contributed by atoms with Crippen molar-refractivity contribution in [3.05, 3.63) is 108 Å². The molecule has 4 aromatic carbocycles. The van der Waals surface area contributed by atoms with Crippen molar-refractivity contribution in [1.29, 1.82) is 0 Å². The van der Waals surface area contributed by atoms with E-state index in [0.29, 0.717) is 23.5 Å². The average Bonchev–Trinajstić information content (AvgIpc) is 3.03. The van der Waals surface area contributed by atoms with E-state index in [0.717, 1.165) is 16.9 Å². The van der Waals surface area contributed by atoms with Crippen LogP contribution in [0.2, 0.25) is 0 Å². The number of likely N-dealkylation sites (N-methyl/N-ethyl adjacent to an activating group) is 1. The molecule has 0 bridgehead atoms. The van der Waals surface area contributed by atoms with Gasteiger partial charge in [0.15, 0.2) is 0 Å². The summed E-state index contributed by atoms with van der Waals surface area (Å²) in [6.07, 6.45) is -0.640. The lowest BCUT2D eigenvalue weighted by molar-refractivity contribution is 0.104. The van der Waals surface area contributed by atoms with Gasteiger partial charge in [0.2, 0.25) is 9.84 Å². The summed E-state index contributed by atoms with van der Waals surface area (Å²) in [5.74, 6) is 1.36. The van der Waals surface area contributed by atoms with Gasteiger partial charge in [-0.2, -0.15) is 0 Å². The molecule has 0 aliphatic rings. The molecule has 0 saturated carbocycles. The highest BCUT2D eigenvalue weighted by Crippen LogP contribution is 2.33. The van der Waals surface area contributed by atoms with E-state index in [1.165, 1.54) is 12.1 Å². The topological polar surface area (TPSA) is 122 Å². The number of benzene rings is 4. The van der Waals surface area contributed by atoms with Gasteiger partial charge in [-0.05, 0) is 78.2 Å². The van der Waals surface area contributed by atoms with Crippen molar-refractivity contribution >= 4 is 21.2 Å². The van der Waals surface area contributed by atoms with Gasteiger partial charge in [0, 0.05) is 30.4 Å². The number of aliphatic hydroxyl groups excluding tert-OH is 2. The second-order valence-corrected chi connectivity index (χ2v) is 13.4. The van der Waals surface area contributed by atoms with E-state index < -0.39 is 22.0 Å². The molecule has 8 nitrogen and oxygen atoms in total. The molecule has 0 aromatic heterocycles. The van der Waals surface area contributed by atoms with E-state index in [2.05, 4.69) is 13.8 Å². The number of sulfone groups is 1. The van der Waals surface area contributed by atoms with Gasteiger partial charge in [0.1, 0.15) is 30.8 Å². The molecule has 9 heteroatoms. The molecule has 0 aliphatic heterocycles. The Hall–Kier alpha value is -4.05. The first kappa shape index (κ1) is 32.9. The Morgan fingerprint density at radius 2 is 1.27 bits per heavy atom. The molecule has 4 N–H and O–H groups in total. The lowest BCUT2D eigenvalue weighted by Crippen LogP contribution is -2.33. The number of nitrogens with zero attached hydrogens (tertiary/aromatic N) is 1. The highest BCUT2D eigenvalue weighted by molar-refractivity contribution is 7.91. The number of nitrogens with two attached hydrogens (primary N) is 1. The minimum atomic E-state index is -3.74. The fourth-order valence-corrected chi connectivity index (χ4v) is 6.14. The van der Waals surface area contributed by atoms with Crippen LogP contribution in [0.1, 0.15) is 38.3 Å². The van der Waals surface area contributed by atoms with Crippen LogP contribution >= 0.6 is 0 Å². The normalized spacial score (nSPS) is 13.2. The number of hydrogen-bond acceptors (Lipinski definition) is 8. The van der Waals surface area contributed by atoms with Gasteiger partial charge in [-0.15, -0.1) is 0 Å². The Labute approximate surface area is 260 Å². The first-order chi connectivity index (χ1) is 20.9. The molecule has 234 valence electrons. The van der Waals surface area contributed by atoms with Gasteiger partial charge >= 0.3 is 0 Å². The smallest absolute Gasteiger partial charge is 0.206 e. The van der Waals surface area contributed by atoms with Gasteiger partial charge in [-0.1, -0.05) is 57.2 Å². The van der Waals surface area contributed by atoms with Crippen LogP contribution in [0.4, 0.5) is 11.4 Å². The fraction of sp³-hybridized carbons (Fsp3) is 0.314. The van der Waals surface area contributed by atoms with Gasteiger partial charge in [0.25, 0.3) is 0 Å². The van der Waals surface area contributed by atoms with E-state index in [1.54, 1.807) is 48.3 Å². The van der Waals surface area contributed by atoms with Crippen molar-refractivity contribution in [3.8, 4) is 11.5 Å². The molecule has 4 rings (SSSR count). The zero-order chi connectivity index (χ0) is 31.9. The van der Waals surface area contributed by atoms with Crippen molar-refractivity contribution in [2.75, 3.05) is 37.4 Å². The number of aliphatic hydroxyl groups is 2. The van der Waals surface area contributed by atoms with Crippen LogP contribution in [0.5, 0.6) is 11.5 Å². The van der Waals surface area contributed by atoms with Crippen LogP contribution in [0.3, 0.4) is 0 Å². The largest absolute Gasteiger partial charge is 0.491 e. The van der Waals surface area contributed by atoms with E-state index in [9.17, 15) is 18.6 Å². The Bertz CT molecular complexity index is 1620. The van der Waals surface area contributed by atoms with Crippen molar-refractivity contribution in [1.82, 2.24) is 0 Å². The van der Waals surface area contributed by atoms with Crippen LogP contribution in [-0.4, -0.2) is 57.6 Å². The molecular formula is C35H42N2O6S. The summed E-state index contributed by atoms with van der Waals surface area (Å²) in [5.41, 5.74) is 8.78. The van der Waals surface area contributed by atoms with Crippen LogP contribution in [0.25, 0.3) is 0 Å². The van der Waals surface area contributed by atoms with Crippen LogP contribution < -0.4 is 20.1 Å². The first-order valence-electron chi connectivity index (χ1n) is 14.6. The van der Waals surface area contributed by atoms with Crippen molar-refractivity contribution < 1.29 is 28.1 Å². The Kier molecular flexibility index (Phi) is 10.6. The molecule has 0 fully saturated rings. The SMILES string of the molecule is CCC(O)COc1ccc(C(C)(C)c2ccc(OCC(O)CN(C)c3cccc(S(=O)(=O)c4cccc(N)c4)c3)cc2)cc1. The maximum atomic E-state index is 13.1. The Balaban J connectivity index is 1.33. The molecule has 0 heterocycles. The molecule has 2 unspecified atom stereocenters. The van der Waals surface area contributed by atoms with Crippen molar-refractivity contribution in [2.45, 2.75) is 54.6 Å². The first-order valence-corrected chi connectivity index (χ1v) is 16.1. The highest BCUT2D eigenvalue weighted by Gasteiger charge is 2.24. The summed E-state index contributed by atoms with van der Waals surface area (Å²) < 4.78 is 37.8. The zero-order valence-corrected chi connectivity index (χ0v) is 26.5. The van der Waals surface area contributed by atoms with Crippen LogP contribution in [0.15, 0.2) is 107 Å². The molecule has 0 aliphatic carbocycles. The van der Waals surface area contributed by atoms with E-state index in [4.69, 9.17) is 15.2 Å². The molecule has 0 spiro atoms. The van der Waals surface area contributed by atoms with E-state index in [1.807, 2.05) is 55.5 Å². The predicted molar refractivity (Wildman–Crippen MR) is 174 cm³/mol. The summed E-state index contributed by atoms with van der Waals surface area (Å²) in [6, 6.07) is 28.5. The lowest BCUT2D eigenvalue weighted by atomic mass is 9.78. The quantitative estimate of drug-likeness (QED) is 0.160. The fourth-order valence-electron chi connectivity index (χ4n) is 4.79. The maximum absolute atomic E-state index is 13.1.